The molecule has 110 valence electrons. The van der Waals surface area contributed by atoms with Crippen LogP contribution in [0.25, 0.3) is 0 Å². The zero-order chi connectivity index (χ0) is 14.5. The zero-order valence-corrected chi connectivity index (χ0v) is 12.5. The summed E-state index contributed by atoms with van der Waals surface area (Å²) < 4.78 is 0. The fourth-order valence-electron chi connectivity index (χ4n) is 2.72. The Bertz CT molecular complexity index is 517. The smallest absolute Gasteiger partial charge is 0.362 e. The maximum absolute atomic E-state index is 11.5. The van der Waals surface area contributed by atoms with Gasteiger partial charge in [0.05, 0.1) is 5.71 Å². The minimum absolute atomic E-state index is 0.475. The summed E-state index contributed by atoms with van der Waals surface area (Å²) >= 11 is 0. The lowest BCUT2D eigenvalue weighted by molar-refractivity contribution is 0.150. The van der Waals surface area contributed by atoms with Gasteiger partial charge in [-0.05, 0) is 44.6 Å². The molecule has 1 aliphatic carbocycles. The van der Waals surface area contributed by atoms with Crippen molar-refractivity contribution in [1.82, 2.24) is 10.3 Å². The molecule has 0 saturated carbocycles. The van der Waals surface area contributed by atoms with E-state index in [-0.39, 0.29) is 0 Å². The molecule has 2 rings (SSSR count). The van der Waals surface area contributed by atoms with Gasteiger partial charge in [-0.25, -0.2) is 4.79 Å². The molecule has 0 bridgehead atoms. The molecule has 20 heavy (non-hydrogen) atoms. The highest BCUT2D eigenvalue weighted by Gasteiger charge is 2.23. The van der Waals surface area contributed by atoms with E-state index in [4.69, 9.17) is 4.84 Å². The SMILES string of the molecule is CCCNC(=O)O/N=C1\CCCc2[nH]c(C)c(CC)c21. The Labute approximate surface area is 119 Å². The van der Waals surface area contributed by atoms with Gasteiger partial charge in [0, 0.05) is 23.5 Å². The molecule has 0 spiro atoms. The van der Waals surface area contributed by atoms with E-state index < -0.39 is 6.09 Å². The van der Waals surface area contributed by atoms with Crippen LogP contribution in [0.5, 0.6) is 0 Å². The summed E-state index contributed by atoms with van der Waals surface area (Å²) in [4.78, 5) is 19.9. The van der Waals surface area contributed by atoms with Gasteiger partial charge in [-0.1, -0.05) is 19.0 Å². The standard InChI is InChI=1S/C15H23N3O2/c1-4-9-16-15(19)20-18-13-8-6-7-12-14(13)11(5-2)10(3)17-12/h17H,4-9H2,1-3H3,(H,16,19)/b18-13+. The van der Waals surface area contributed by atoms with E-state index in [1.165, 1.54) is 22.5 Å². The molecule has 2 N–H and O–H groups in total. The summed E-state index contributed by atoms with van der Waals surface area (Å²) in [5.74, 6) is 0. The Morgan fingerprint density at radius 1 is 1.40 bits per heavy atom. The van der Waals surface area contributed by atoms with Gasteiger partial charge in [0.2, 0.25) is 0 Å². The van der Waals surface area contributed by atoms with Crippen molar-refractivity contribution in [1.29, 1.82) is 0 Å². The molecular weight excluding hydrogens is 254 g/mol. The van der Waals surface area contributed by atoms with Gasteiger partial charge in [-0.15, -0.1) is 0 Å². The van der Waals surface area contributed by atoms with Crippen LogP contribution in [0.3, 0.4) is 0 Å². The zero-order valence-electron chi connectivity index (χ0n) is 12.5. The molecule has 1 aromatic heterocycles. The minimum Gasteiger partial charge on any atom is -0.362 e. The predicted molar refractivity (Wildman–Crippen MR) is 79.2 cm³/mol. The van der Waals surface area contributed by atoms with Crippen molar-refractivity contribution in [2.75, 3.05) is 6.54 Å². The molecule has 0 fully saturated rings. The summed E-state index contributed by atoms with van der Waals surface area (Å²) in [6, 6.07) is 0. The number of nitrogens with zero attached hydrogens (tertiary/aromatic N) is 1. The van der Waals surface area contributed by atoms with Gasteiger partial charge in [0.15, 0.2) is 0 Å². The fraction of sp³-hybridized carbons (Fsp3) is 0.600. The highest BCUT2D eigenvalue weighted by atomic mass is 16.7. The normalized spacial score (nSPS) is 16.1. The van der Waals surface area contributed by atoms with Crippen LogP contribution in [0, 0.1) is 6.92 Å². The van der Waals surface area contributed by atoms with Crippen molar-refractivity contribution < 1.29 is 9.63 Å². The predicted octanol–water partition coefficient (Wildman–Crippen LogP) is 3.06. The minimum atomic E-state index is -0.475. The Hall–Kier alpha value is -1.78. The van der Waals surface area contributed by atoms with Crippen LogP contribution in [0.2, 0.25) is 0 Å². The lowest BCUT2D eigenvalue weighted by Gasteiger charge is -2.14. The Kier molecular flexibility index (Phi) is 4.82. The van der Waals surface area contributed by atoms with Crippen molar-refractivity contribution >= 4 is 11.8 Å². The quantitative estimate of drug-likeness (QED) is 0.656. The molecule has 5 heteroatoms. The van der Waals surface area contributed by atoms with E-state index in [0.717, 1.165) is 37.8 Å². The third-order valence-corrected chi connectivity index (χ3v) is 3.64. The van der Waals surface area contributed by atoms with Gasteiger partial charge >= 0.3 is 6.09 Å². The first kappa shape index (κ1) is 14.6. The third kappa shape index (κ3) is 3.03. The van der Waals surface area contributed by atoms with E-state index in [0.29, 0.717) is 6.54 Å². The maximum atomic E-state index is 11.5. The van der Waals surface area contributed by atoms with Crippen LogP contribution in [0.1, 0.15) is 55.6 Å². The summed E-state index contributed by atoms with van der Waals surface area (Å²) in [5.41, 5.74) is 5.76. The number of amides is 1. The van der Waals surface area contributed by atoms with Crippen molar-refractivity contribution in [3.8, 4) is 0 Å². The van der Waals surface area contributed by atoms with Crippen molar-refractivity contribution in [3.63, 3.8) is 0 Å². The number of fused-ring (bicyclic) bond motifs is 1. The maximum Gasteiger partial charge on any atom is 0.433 e. The number of carbonyl (C=O) groups excluding carboxylic acids is 1. The summed E-state index contributed by atoms with van der Waals surface area (Å²) in [6.07, 6.45) is 4.30. The van der Waals surface area contributed by atoms with Crippen molar-refractivity contribution in [2.24, 2.45) is 5.16 Å². The molecule has 1 aromatic rings. The fourth-order valence-corrected chi connectivity index (χ4v) is 2.72. The van der Waals surface area contributed by atoms with Crippen LogP contribution >= 0.6 is 0 Å². The molecule has 0 atom stereocenters. The van der Waals surface area contributed by atoms with Gasteiger partial charge in [-0.2, -0.15) is 0 Å². The van der Waals surface area contributed by atoms with E-state index in [1.807, 2.05) is 6.92 Å². The van der Waals surface area contributed by atoms with Gasteiger partial charge < -0.3 is 10.3 Å². The van der Waals surface area contributed by atoms with Gasteiger partial charge in [0.1, 0.15) is 0 Å². The van der Waals surface area contributed by atoms with Crippen LogP contribution in [-0.4, -0.2) is 23.3 Å². The number of carbonyl (C=O) groups is 1. The topological polar surface area (TPSA) is 66.5 Å². The van der Waals surface area contributed by atoms with E-state index >= 15 is 0 Å². The molecule has 1 aliphatic rings. The lowest BCUT2D eigenvalue weighted by atomic mass is 9.92. The summed E-state index contributed by atoms with van der Waals surface area (Å²) in [7, 11) is 0. The highest BCUT2D eigenvalue weighted by molar-refractivity contribution is 6.04. The first-order valence-electron chi connectivity index (χ1n) is 7.39. The molecular formula is C15H23N3O2. The van der Waals surface area contributed by atoms with Crippen LogP contribution in [0.4, 0.5) is 4.79 Å². The first-order chi connectivity index (χ1) is 9.67. The van der Waals surface area contributed by atoms with Gasteiger partial charge in [-0.3, -0.25) is 4.84 Å². The monoisotopic (exact) mass is 277 g/mol. The van der Waals surface area contributed by atoms with Crippen LogP contribution < -0.4 is 5.32 Å². The number of hydrogen-bond acceptors (Lipinski definition) is 3. The number of oxime groups is 1. The Morgan fingerprint density at radius 2 is 2.20 bits per heavy atom. The molecule has 1 amide bonds. The van der Waals surface area contributed by atoms with Crippen molar-refractivity contribution in [2.45, 2.75) is 52.9 Å². The molecule has 0 radical (unpaired) electrons. The average molecular weight is 277 g/mol. The molecule has 0 unspecified atom stereocenters. The van der Waals surface area contributed by atoms with E-state index in [1.54, 1.807) is 0 Å². The lowest BCUT2D eigenvalue weighted by Crippen LogP contribution is -2.24. The Balaban J connectivity index is 2.17. The number of nitrogens with one attached hydrogen (secondary N) is 2. The van der Waals surface area contributed by atoms with Crippen molar-refractivity contribution in [3.05, 3.63) is 22.5 Å². The number of hydrogen-bond donors (Lipinski definition) is 2. The number of aromatic amines is 1. The first-order valence-corrected chi connectivity index (χ1v) is 7.39. The second-order valence-electron chi connectivity index (χ2n) is 5.13. The van der Waals surface area contributed by atoms with E-state index in [2.05, 4.69) is 29.3 Å². The summed E-state index contributed by atoms with van der Waals surface area (Å²) in [5, 5.41) is 6.74. The molecule has 1 heterocycles. The molecule has 0 aromatic carbocycles. The molecule has 0 aliphatic heterocycles. The van der Waals surface area contributed by atoms with E-state index in [9.17, 15) is 4.79 Å². The van der Waals surface area contributed by atoms with Crippen LogP contribution in [-0.2, 0) is 17.7 Å². The second kappa shape index (κ2) is 6.59. The highest BCUT2D eigenvalue weighted by Crippen LogP contribution is 2.27. The van der Waals surface area contributed by atoms with Gasteiger partial charge in [0.25, 0.3) is 0 Å². The Morgan fingerprint density at radius 3 is 2.90 bits per heavy atom. The molecule has 5 nitrogen and oxygen atoms in total. The summed E-state index contributed by atoms with van der Waals surface area (Å²) in [6.45, 7) is 6.83. The van der Waals surface area contributed by atoms with Crippen LogP contribution in [0.15, 0.2) is 5.16 Å². The largest absolute Gasteiger partial charge is 0.433 e. The number of aryl methyl sites for hydroxylation is 2. The average Bonchev–Trinajstić information content (AvgIpc) is 2.78. The number of H-pyrrole nitrogens is 1. The number of aromatic nitrogens is 1. The number of rotatable bonds is 4. The molecule has 0 saturated heterocycles. The third-order valence-electron chi connectivity index (χ3n) is 3.64. The second-order valence-corrected chi connectivity index (χ2v) is 5.13.